The Bertz CT molecular complexity index is 1620. The largest absolute Gasteiger partial charge is 0.318 e. The number of hydrogen-bond donors (Lipinski definition) is 1. The SMILES string of the molecule is Cc1ccc(S(=O)(=O)N(CCc2ccccc2)CC(=O)N/N=C/c2cc(C)n(-c3ccc(C)cc3C)c2C)cc1. The van der Waals surface area contributed by atoms with Gasteiger partial charge in [-0.1, -0.05) is 65.7 Å². The smallest absolute Gasteiger partial charge is 0.255 e. The van der Waals surface area contributed by atoms with Gasteiger partial charge in [-0.25, -0.2) is 13.8 Å². The number of hydrogen-bond acceptors (Lipinski definition) is 4. The molecule has 0 fully saturated rings. The summed E-state index contributed by atoms with van der Waals surface area (Å²) in [6, 6.07) is 24.6. The monoisotopic (exact) mass is 556 g/mol. The molecule has 8 heteroatoms. The second-order valence-electron chi connectivity index (χ2n) is 10.1. The van der Waals surface area contributed by atoms with Crippen molar-refractivity contribution in [2.45, 2.75) is 45.9 Å². The highest BCUT2D eigenvalue weighted by molar-refractivity contribution is 7.89. The zero-order valence-electron chi connectivity index (χ0n) is 23.7. The van der Waals surface area contributed by atoms with E-state index in [4.69, 9.17) is 0 Å². The van der Waals surface area contributed by atoms with Gasteiger partial charge >= 0.3 is 0 Å². The first-order valence-electron chi connectivity index (χ1n) is 13.3. The summed E-state index contributed by atoms with van der Waals surface area (Å²) >= 11 is 0. The molecule has 1 heterocycles. The summed E-state index contributed by atoms with van der Waals surface area (Å²) in [6.07, 6.45) is 2.08. The molecule has 1 aromatic heterocycles. The van der Waals surface area contributed by atoms with Crippen LogP contribution in [0.4, 0.5) is 0 Å². The second-order valence-corrected chi connectivity index (χ2v) is 12.1. The Morgan fingerprint density at radius 2 is 1.57 bits per heavy atom. The molecule has 4 aromatic rings. The van der Waals surface area contributed by atoms with Gasteiger partial charge in [0.2, 0.25) is 10.0 Å². The van der Waals surface area contributed by atoms with Crippen molar-refractivity contribution in [1.29, 1.82) is 0 Å². The van der Waals surface area contributed by atoms with Crippen molar-refractivity contribution >= 4 is 22.1 Å². The van der Waals surface area contributed by atoms with Gasteiger partial charge in [-0.2, -0.15) is 9.41 Å². The average molecular weight is 557 g/mol. The average Bonchev–Trinajstić information content (AvgIpc) is 3.20. The maximum Gasteiger partial charge on any atom is 0.255 e. The molecule has 3 aromatic carbocycles. The molecule has 0 unspecified atom stereocenters. The van der Waals surface area contributed by atoms with E-state index in [0.29, 0.717) is 6.42 Å². The van der Waals surface area contributed by atoms with Crippen LogP contribution in [-0.4, -0.2) is 42.5 Å². The van der Waals surface area contributed by atoms with E-state index in [1.807, 2.05) is 57.2 Å². The van der Waals surface area contributed by atoms with Crippen LogP contribution in [-0.2, 0) is 21.2 Å². The molecule has 1 N–H and O–H groups in total. The molecule has 0 aliphatic carbocycles. The second kappa shape index (κ2) is 12.4. The zero-order valence-corrected chi connectivity index (χ0v) is 24.5. The number of carbonyl (C=O) groups is 1. The number of aryl methyl sites for hydroxylation is 4. The third-order valence-electron chi connectivity index (χ3n) is 6.93. The Labute approximate surface area is 237 Å². The van der Waals surface area contributed by atoms with Crippen molar-refractivity contribution in [2.75, 3.05) is 13.1 Å². The molecule has 4 rings (SSSR count). The van der Waals surface area contributed by atoms with Crippen LogP contribution >= 0.6 is 0 Å². The third-order valence-corrected chi connectivity index (χ3v) is 8.79. The number of benzene rings is 3. The van der Waals surface area contributed by atoms with E-state index < -0.39 is 15.9 Å². The van der Waals surface area contributed by atoms with E-state index in [1.54, 1.807) is 30.5 Å². The Hall–Kier alpha value is -4.01. The van der Waals surface area contributed by atoms with Gasteiger partial charge in [-0.05, 0) is 76.4 Å². The van der Waals surface area contributed by atoms with Crippen LogP contribution in [0.2, 0.25) is 0 Å². The fraction of sp³-hybridized carbons (Fsp3) is 0.250. The van der Waals surface area contributed by atoms with Crippen LogP contribution in [0, 0.1) is 34.6 Å². The Morgan fingerprint density at radius 3 is 2.25 bits per heavy atom. The van der Waals surface area contributed by atoms with Crippen molar-refractivity contribution in [3.63, 3.8) is 0 Å². The summed E-state index contributed by atoms with van der Waals surface area (Å²) in [6.45, 7) is 9.91. The van der Waals surface area contributed by atoms with Gasteiger partial charge in [-0.3, -0.25) is 4.79 Å². The van der Waals surface area contributed by atoms with Crippen LogP contribution in [0.5, 0.6) is 0 Å². The Morgan fingerprint density at radius 1 is 0.900 bits per heavy atom. The molecule has 7 nitrogen and oxygen atoms in total. The molecule has 0 bridgehead atoms. The van der Waals surface area contributed by atoms with Crippen LogP contribution in [0.3, 0.4) is 0 Å². The van der Waals surface area contributed by atoms with Gasteiger partial charge in [0.05, 0.1) is 17.7 Å². The summed E-state index contributed by atoms with van der Waals surface area (Å²) in [4.78, 5) is 13.1. The molecule has 0 aliphatic rings. The lowest BCUT2D eigenvalue weighted by Gasteiger charge is -2.21. The van der Waals surface area contributed by atoms with Gasteiger partial charge in [0.1, 0.15) is 0 Å². The number of sulfonamides is 1. The Balaban J connectivity index is 1.50. The number of amides is 1. The standard InChI is InChI=1S/C32H36N4O3S/c1-23-11-14-30(15-12-23)40(38,39)35(18-17-28-9-7-6-8-10-28)22-32(37)34-33-21-29-20-26(4)36(27(29)5)31-16-13-24(2)19-25(31)3/h6-16,19-21H,17-18,22H2,1-5H3,(H,34,37)/b33-21+. The molecular formula is C32H36N4O3S. The molecule has 1 amide bonds. The highest BCUT2D eigenvalue weighted by Gasteiger charge is 2.26. The first kappa shape index (κ1) is 29.0. The van der Waals surface area contributed by atoms with Crippen LogP contribution in [0.15, 0.2) is 88.9 Å². The minimum Gasteiger partial charge on any atom is -0.318 e. The molecule has 0 atom stereocenters. The van der Waals surface area contributed by atoms with E-state index in [2.05, 4.69) is 47.1 Å². The normalized spacial score (nSPS) is 11.8. The maximum atomic E-state index is 13.5. The molecular weight excluding hydrogens is 520 g/mol. The number of nitrogens with one attached hydrogen (secondary N) is 1. The number of hydrazone groups is 1. The topological polar surface area (TPSA) is 83.8 Å². The molecule has 208 valence electrons. The van der Waals surface area contributed by atoms with Crippen molar-refractivity contribution in [2.24, 2.45) is 5.10 Å². The number of nitrogens with zero attached hydrogens (tertiary/aromatic N) is 3. The fourth-order valence-electron chi connectivity index (χ4n) is 4.76. The van der Waals surface area contributed by atoms with E-state index in [-0.39, 0.29) is 18.0 Å². The lowest BCUT2D eigenvalue weighted by atomic mass is 10.1. The first-order chi connectivity index (χ1) is 19.1. The summed E-state index contributed by atoms with van der Waals surface area (Å²) < 4.78 is 30.3. The lowest BCUT2D eigenvalue weighted by Crippen LogP contribution is -2.40. The minimum atomic E-state index is -3.89. The predicted octanol–water partition coefficient (Wildman–Crippen LogP) is 5.40. The van der Waals surface area contributed by atoms with E-state index >= 15 is 0 Å². The summed E-state index contributed by atoms with van der Waals surface area (Å²) in [7, 11) is -3.89. The summed E-state index contributed by atoms with van der Waals surface area (Å²) in [5, 5.41) is 4.17. The van der Waals surface area contributed by atoms with Crippen LogP contribution in [0.1, 0.15) is 39.2 Å². The minimum absolute atomic E-state index is 0.154. The fourth-order valence-corrected chi connectivity index (χ4v) is 6.15. The van der Waals surface area contributed by atoms with E-state index in [1.165, 1.54) is 15.4 Å². The molecule has 0 saturated heterocycles. The van der Waals surface area contributed by atoms with Crippen molar-refractivity contribution in [3.05, 3.63) is 118 Å². The van der Waals surface area contributed by atoms with Crippen molar-refractivity contribution < 1.29 is 13.2 Å². The van der Waals surface area contributed by atoms with Crippen molar-refractivity contribution in [3.8, 4) is 5.69 Å². The predicted molar refractivity (Wildman–Crippen MR) is 161 cm³/mol. The molecule has 0 spiro atoms. The summed E-state index contributed by atoms with van der Waals surface area (Å²) in [5.74, 6) is -0.511. The van der Waals surface area contributed by atoms with Crippen molar-refractivity contribution in [1.82, 2.24) is 14.3 Å². The number of aromatic nitrogens is 1. The van der Waals surface area contributed by atoms with E-state index in [0.717, 1.165) is 33.8 Å². The molecule has 0 aliphatic heterocycles. The zero-order chi connectivity index (χ0) is 28.9. The highest BCUT2D eigenvalue weighted by Crippen LogP contribution is 2.23. The third kappa shape index (κ3) is 6.76. The number of carbonyl (C=O) groups excluding carboxylic acids is 1. The van der Waals surface area contributed by atoms with E-state index in [9.17, 15) is 13.2 Å². The van der Waals surface area contributed by atoms with Gasteiger partial charge < -0.3 is 4.57 Å². The highest BCUT2D eigenvalue weighted by atomic mass is 32.2. The Kier molecular flexibility index (Phi) is 9.02. The maximum absolute atomic E-state index is 13.5. The first-order valence-corrected chi connectivity index (χ1v) is 14.7. The van der Waals surface area contributed by atoms with Crippen LogP contribution in [0.25, 0.3) is 5.69 Å². The van der Waals surface area contributed by atoms with Gasteiger partial charge in [0.25, 0.3) is 5.91 Å². The summed E-state index contributed by atoms with van der Waals surface area (Å²) in [5.41, 5.74) is 10.9. The van der Waals surface area contributed by atoms with Crippen LogP contribution < -0.4 is 5.43 Å². The molecule has 0 radical (unpaired) electrons. The quantitative estimate of drug-likeness (QED) is 0.210. The van der Waals surface area contributed by atoms with Gasteiger partial charge in [0.15, 0.2) is 0 Å². The molecule has 40 heavy (non-hydrogen) atoms. The van der Waals surface area contributed by atoms with Gasteiger partial charge in [-0.15, -0.1) is 0 Å². The molecule has 0 saturated carbocycles. The number of rotatable bonds is 10. The van der Waals surface area contributed by atoms with Gasteiger partial charge in [0, 0.05) is 29.2 Å². The lowest BCUT2D eigenvalue weighted by molar-refractivity contribution is -0.121.